The van der Waals surface area contributed by atoms with E-state index in [1.165, 1.54) is 0 Å². The summed E-state index contributed by atoms with van der Waals surface area (Å²) in [4.78, 5) is 9.81. The molecule has 23 heavy (non-hydrogen) atoms. The monoisotopic (exact) mass is 365 g/mol. The van der Waals surface area contributed by atoms with Gasteiger partial charge in [0.2, 0.25) is 0 Å². The van der Waals surface area contributed by atoms with Gasteiger partial charge in [-0.1, -0.05) is 11.6 Å². The maximum atomic E-state index is 13.6. The second-order valence-electron chi connectivity index (χ2n) is 4.28. The average Bonchev–Trinajstić information content (AvgIpc) is 2.46. The molecule has 2 aromatic rings. The van der Waals surface area contributed by atoms with Crippen LogP contribution in [0, 0.1) is 17.5 Å². The molecule has 0 unspecified atom stereocenters. The number of carboxylic acids is 1. The quantitative estimate of drug-likeness (QED) is 0.815. The Kier molecular flexibility index (Phi) is 4.53. The lowest BCUT2D eigenvalue weighted by molar-refractivity contribution is 0.0697. The average molecular weight is 366 g/mol. The zero-order chi connectivity index (χ0) is 17.4. The van der Waals surface area contributed by atoms with Crippen molar-refractivity contribution in [2.24, 2.45) is 0 Å². The van der Waals surface area contributed by atoms with E-state index >= 15 is 0 Å². The van der Waals surface area contributed by atoms with Gasteiger partial charge in [0.15, 0.2) is 17.5 Å². The summed E-state index contributed by atoms with van der Waals surface area (Å²) in [6, 6.07) is 4.15. The number of nitrogens with one attached hydrogen (secondary N) is 1. The fourth-order valence-electron chi connectivity index (χ4n) is 1.68. The second kappa shape index (κ2) is 6.09. The molecule has 0 saturated carbocycles. The third-order valence-electron chi connectivity index (χ3n) is 2.74. The van der Waals surface area contributed by atoms with Gasteiger partial charge in [-0.05, 0) is 30.3 Å². The summed E-state index contributed by atoms with van der Waals surface area (Å²) in [5.41, 5.74) is -0.631. The first kappa shape index (κ1) is 17.1. The number of hydrogen-bond acceptors (Lipinski definition) is 3. The number of benzene rings is 2. The lowest BCUT2D eigenvalue weighted by Crippen LogP contribution is -2.16. The van der Waals surface area contributed by atoms with Gasteiger partial charge in [0, 0.05) is 5.69 Å². The van der Waals surface area contributed by atoms with Crippen LogP contribution in [-0.2, 0) is 10.0 Å². The Labute approximate surface area is 133 Å². The summed E-state index contributed by atoms with van der Waals surface area (Å²) in [6.45, 7) is 0. The summed E-state index contributed by atoms with van der Waals surface area (Å²) in [5.74, 6) is -6.77. The summed E-state index contributed by atoms with van der Waals surface area (Å²) in [5, 5.41) is 8.76. The minimum atomic E-state index is -4.61. The van der Waals surface area contributed by atoms with Crippen molar-refractivity contribution in [3.63, 3.8) is 0 Å². The Morgan fingerprint density at radius 2 is 1.74 bits per heavy atom. The molecule has 0 fully saturated rings. The molecular formula is C13H7ClF3NO4S. The van der Waals surface area contributed by atoms with Gasteiger partial charge in [-0.15, -0.1) is 0 Å². The summed E-state index contributed by atoms with van der Waals surface area (Å²) >= 11 is 5.63. The van der Waals surface area contributed by atoms with Crippen LogP contribution in [0.3, 0.4) is 0 Å². The van der Waals surface area contributed by atoms with Gasteiger partial charge in [0.25, 0.3) is 10.0 Å². The SMILES string of the molecule is O=C(O)c1cc(NS(=O)(=O)c2ccc(F)c(F)c2F)ccc1Cl. The van der Waals surface area contributed by atoms with E-state index in [1.807, 2.05) is 4.72 Å². The molecule has 2 aromatic carbocycles. The molecule has 0 amide bonds. The largest absolute Gasteiger partial charge is 0.478 e. The number of sulfonamides is 1. The first-order valence-electron chi connectivity index (χ1n) is 5.82. The zero-order valence-electron chi connectivity index (χ0n) is 11.0. The number of rotatable bonds is 4. The van der Waals surface area contributed by atoms with E-state index in [0.717, 1.165) is 18.2 Å². The second-order valence-corrected chi connectivity index (χ2v) is 6.34. The van der Waals surface area contributed by atoms with Crippen LogP contribution in [0.15, 0.2) is 35.2 Å². The zero-order valence-corrected chi connectivity index (χ0v) is 12.6. The third-order valence-corrected chi connectivity index (χ3v) is 4.47. The highest BCUT2D eigenvalue weighted by Crippen LogP contribution is 2.25. The van der Waals surface area contributed by atoms with Crippen molar-refractivity contribution in [2.45, 2.75) is 4.90 Å². The topological polar surface area (TPSA) is 83.5 Å². The number of carboxylic acid groups (broad SMARTS) is 1. The molecule has 0 aromatic heterocycles. The molecule has 0 aliphatic rings. The van der Waals surface area contributed by atoms with E-state index in [1.54, 1.807) is 0 Å². The Morgan fingerprint density at radius 1 is 1.09 bits per heavy atom. The van der Waals surface area contributed by atoms with Crippen LogP contribution in [0.2, 0.25) is 5.02 Å². The van der Waals surface area contributed by atoms with Crippen LogP contribution >= 0.6 is 11.6 Å². The first-order valence-corrected chi connectivity index (χ1v) is 7.69. The number of halogens is 4. The molecule has 2 N–H and O–H groups in total. The van der Waals surface area contributed by atoms with Gasteiger partial charge in [0.05, 0.1) is 10.6 Å². The molecule has 0 aliphatic carbocycles. The van der Waals surface area contributed by atoms with Crippen molar-refractivity contribution >= 4 is 33.3 Å². The van der Waals surface area contributed by atoms with Crippen molar-refractivity contribution in [1.82, 2.24) is 0 Å². The number of anilines is 1. The molecular weight excluding hydrogens is 359 g/mol. The van der Waals surface area contributed by atoms with E-state index in [4.69, 9.17) is 16.7 Å². The van der Waals surface area contributed by atoms with Crippen molar-refractivity contribution in [2.75, 3.05) is 4.72 Å². The minimum Gasteiger partial charge on any atom is -0.478 e. The molecule has 0 aliphatic heterocycles. The van der Waals surface area contributed by atoms with Crippen LogP contribution in [0.25, 0.3) is 0 Å². The highest BCUT2D eigenvalue weighted by atomic mass is 35.5. The van der Waals surface area contributed by atoms with E-state index in [9.17, 15) is 26.4 Å². The Morgan fingerprint density at radius 3 is 2.35 bits per heavy atom. The first-order chi connectivity index (χ1) is 10.6. The lowest BCUT2D eigenvalue weighted by atomic mass is 10.2. The van der Waals surface area contributed by atoms with Crippen LogP contribution in [0.4, 0.5) is 18.9 Å². The minimum absolute atomic E-state index is 0.139. The van der Waals surface area contributed by atoms with E-state index < -0.39 is 43.9 Å². The third kappa shape index (κ3) is 3.40. The predicted molar refractivity (Wildman–Crippen MR) is 75.5 cm³/mol. The summed E-state index contributed by atoms with van der Waals surface area (Å²) in [7, 11) is -4.61. The molecule has 5 nitrogen and oxygen atoms in total. The molecule has 0 spiro atoms. The highest BCUT2D eigenvalue weighted by Gasteiger charge is 2.24. The van der Waals surface area contributed by atoms with E-state index in [0.29, 0.717) is 12.1 Å². The summed E-state index contributed by atoms with van der Waals surface area (Å²) in [6.07, 6.45) is 0. The van der Waals surface area contributed by atoms with Crippen molar-refractivity contribution < 1.29 is 31.5 Å². The maximum Gasteiger partial charge on any atom is 0.337 e. The van der Waals surface area contributed by atoms with Crippen molar-refractivity contribution in [3.05, 3.63) is 58.4 Å². The fourth-order valence-corrected chi connectivity index (χ4v) is 3.00. The predicted octanol–water partition coefficient (Wildman–Crippen LogP) is 3.26. The molecule has 0 heterocycles. The Bertz CT molecular complexity index is 902. The van der Waals surface area contributed by atoms with Gasteiger partial charge < -0.3 is 5.11 Å². The molecule has 0 saturated heterocycles. The van der Waals surface area contributed by atoms with E-state index in [-0.39, 0.29) is 10.7 Å². The number of carbonyl (C=O) groups is 1. The Hall–Kier alpha value is -2.26. The normalized spacial score (nSPS) is 11.3. The maximum absolute atomic E-state index is 13.6. The number of hydrogen-bond donors (Lipinski definition) is 2. The van der Waals surface area contributed by atoms with Crippen LogP contribution < -0.4 is 4.72 Å². The van der Waals surface area contributed by atoms with Gasteiger partial charge in [-0.3, -0.25) is 4.72 Å². The van der Waals surface area contributed by atoms with Crippen molar-refractivity contribution in [3.8, 4) is 0 Å². The fraction of sp³-hybridized carbons (Fsp3) is 0. The van der Waals surface area contributed by atoms with E-state index in [2.05, 4.69) is 0 Å². The summed E-state index contributed by atoms with van der Waals surface area (Å²) < 4.78 is 65.5. The lowest BCUT2D eigenvalue weighted by Gasteiger charge is -2.10. The molecule has 10 heteroatoms. The van der Waals surface area contributed by atoms with Gasteiger partial charge in [-0.2, -0.15) is 0 Å². The van der Waals surface area contributed by atoms with Crippen LogP contribution in [-0.4, -0.2) is 19.5 Å². The van der Waals surface area contributed by atoms with Gasteiger partial charge in [0.1, 0.15) is 4.90 Å². The standard InChI is InChI=1S/C13H7ClF3NO4S/c14-8-2-1-6(5-7(8)13(19)20)18-23(21,22)10-4-3-9(15)11(16)12(10)17/h1-5,18H,(H,19,20). The van der Waals surface area contributed by atoms with Gasteiger partial charge >= 0.3 is 5.97 Å². The molecule has 122 valence electrons. The molecule has 0 bridgehead atoms. The smallest absolute Gasteiger partial charge is 0.337 e. The number of aromatic carboxylic acids is 1. The van der Waals surface area contributed by atoms with Crippen LogP contribution in [0.5, 0.6) is 0 Å². The highest BCUT2D eigenvalue weighted by molar-refractivity contribution is 7.92. The molecule has 0 atom stereocenters. The molecule has 0 radical (unpaired) electrons. The van der Waals surface area contributed by atoms with Crippen LogP contribution in [0.1, 0.15) is 10.4 Å². The molecule has 2 rings (SSSR count). The Balaban J connectivity index is 2.45. The van der Waals surface area contributed by atoms with Gasteiger partial charge in [-0.25, -0.2) is 26.4 Å². The van der Waals surface area contributed by atoms with Crippen molar-refractivity contribution in [1.29, 1.82) is 0 Å².